The van der Waals surface area contributed by atoms with Crippen molar-refractivity contribution in [3.63, 3.8) is 0 Å². The smallest absolute Gasteiger partial charge is 0.446 e. The molecule has 0 aliphatic heterocycles. The highest BCUT2D eigenvalue weighted by molar-refractivity contribution is 9.10. The molecule has 0 saturated carbocycles. The van der Waals surface area contributed by atoms with Crippen molar-refractivity contribution < 1.29 is 17.6 Å². The molecule has 1 heterocycles. The Labute approximate surface area is 126 Å². The SMILES string of the molecule is CC(Nc1ccccc1SC(F)(F)F)c1ccc(Br)o1. The van der Waals surface area contributed by atoms with E-state index in [2.05, 4.69) is 21.2 Å². The van der Waals surface area contributed by atoms with E-state index in [0.29, 0.717) is 16.1 Å². The molecule has 1 atom stereocenters. The van der Waals surface area contributed by atoms with E-state index < -0.39 is 5.51 Å². The third-order valence-corrected chi connectivity index (χ3v) is 3.74. The fourth-order valence-electron chi connectivity index (χ4n) is 1.66. The fourth-order valence-corrected chi connectivity index (χ4v) is 2.62. The summed E-state index contributed by atoms with van der Waals surface area (Å²) in [5, 5.41) is 3.03. The molecule has 0 aliphatic rings. The maximum Gasteiger partial charge on any atom is 0.446 e. The number of rotatable bonds is 4. The van der Waals surface area contributed by atoms with Gasteiger partial charge >= 0.3 is 5.51 Å². The van der Waals surface area contributed by atoms with Crippen LogP contribution in [0.15, 0.2) is 50.4 Å². The number of alkyl halides is 3. The first-order valence-corrected chi connectivity index (χ1v) is 7.32. The number of hydrogen-bond acceptors (Lipinski definition) is 3. The normalized spacial score (nSPS) is 13.2. The van der Waals surface area contributed by atoms with E-state index in [1.54, 1.807) is 30.3 Å². The Morgan fingerprint density at radius 2 is 1.90 bits per heavy atom. The topological polar surface area (TPSA) is 25.2 Å². The summed E-state index contributed by atoms with van der Waals surface area (Å²) in [6.45, 7) is 1.82. The second-order valence-corrected chi connectivity index (χ2v) is 5.94. The minimum Gasteiger partial charge on any atom is -0.452 e. The zero-order valence-corrected chi connectivity index (χ0v) is 12.8. The molecule has 0 spiro atoms. The Kier molecular flexibility index (Phi) is 4.70. The lowest BCUT2D eigenvalue weighted by molar-refractivity contribution is -0.0327. The van der Waals surface area contributed by atoms with Crippen LogP contribution in [-0.4, -0.2) is 5.51 Å². The van der Waals surface area contributed by atoms with Crippen LogP contribution in [-0.2, 0) is 0 Å². The Morgan fingerprint density at radius 1 is 1.20 bits per heavy atom. The van der Waals surface area contributed by atoms with Crippen LogP contribution in [0.3, 0.4) is 0 Å². The second kappa shape index (κ2) is 6.13. The lowest BCUT2D eigenvalue weighted by Crippen LogP contribution is -2.08. The summed E-state index contributed by atoms with van der Waals surface area (Å²) in [7, 11) is 0. The van der Waals surface area contributed by atoms with Gasteiger partial charge in [0.25, 0.3) is 0 Å². The maximum atomic E-state index is 12.5. The fraction of sp³-hybridized carbons (Fsp3) is 0.231. The molecule has 1 aromatic heterocycles. The average molecular weight is 366 g/mol. The molecule has 0 bridgehead atoms. The minimum absolute atomic E-state index is 0.133. The summed E-state index contributed by atoms with van der Waals surface area (Å²) >= 11 is 3.06. The van der Waals surface area contributed by atoms with E-state index in [4.69, 9.17) is 4.42 Å². The van der Waals surface area contributed by atoms with Crippen LogP contribution in [0.1, 0.15) is 18.7 Å². The predicted octanol–water partition coefficient (Wildman–Crippen LogP) is 5.83. The molecule has 2 aromatic rings. The first-order valence-electron chi connectivity index (χ1n) is 5.72. The molecule has 2 nitrogen and oxygen atoms in total. The molecule has 1 N–H and O–H groups in total. The van der Waals surface area contributed by atoms with E-state index in [-0.39, 0.29) is 22.7 Å². The van der Waals surface area contributed by atoms with Gasteiger partial charge < -0.3 is 9.73 Å². The maximum absolute atomic E-state index is 12.5. The Hall–Kier alpha value is -1.08. The number of halogens is 4. The van der Waals surface area contributed by atoms with Crippen molar-refractivity contribution in [2.75, 3.05) is 5.32 Å². The number of hydrogen-bond donors (Lipinski definition) is 1. The molecule has 0 aliphatic carbocycles. The van der Waals surface area contributed by atoms with Gasteiger partial charge in [-0.15, -0.1) is 0 Å². The number of thioether (sulfide) groups is 1. The number of para-hydroxylation sites is 1. The molecular formula is C13H11BrF3NOS. The third kappa shape index (κ3) is 4.21. The molecule has 7 heteroatoms. The predicted molar refractivity (Wildman–Crippen MR) is 76.8 cm³/mol. The van der Waals surface area contributed by atoms with Crippen molar-refractivity contribution in [1.82, 2.24) is 0 Å². The molecule has 0 fully saturated rings. The van der Waals surface area contributed by atoms with Crippen LogP contribution in [0, 0.1) is 0 Å². The quantitative estimate of drug-likeness (QED) is 0.690. The molecule has 1 unspecified atom stereocenters. The van der Waals surface area contributed by atoms with Crippen LogP contribution in [0.25, 0.3) is 0 Å². The van der Waals surface area contributed by atoms with Crippen LogP contribution in [0.2, 0.25) is 0 Å². The zero-order valence-electron chi connectivity index (χ0n) is 10.4. The van der Waals surface area contributed by atoms with Gasteiger partial charge in [0.15, 0.2) is 4.67 Å². The summed E-state index contributed by atoms with van der Waals surface area (Å²) in [5.41, 5.74) is -3.88. The lowest BCUT2D eigenvalue weighted by Gasteiger charge is -2.16. The number of nitrogens with one attached hydrogen (secondary N) is 1. The van der Waals surface area contributed by atoms with Crippen molar-refractivity contribution in [3.8, 4) is 0 Å². The van der Waals surface area contributed by atoms with Gasteiger partial charge in [-0.2, -0.15) is 13.2 Å². The highest BCUT2D eigenvalue weighted by Crippen LogP contribution is 2.41. The van der Waals surface area contributed by atoms with Gasteiger partial charge in [-0.05, 0) is 58.9 Å². The van der Waals surface area contributed by atoms with E-state index >= 15 is 0 Å². The first-order chi connectivity index (χ1) is 9.35. The van der Waals surface area contributed by atoms with Crippen LogP contribution < -0.4 is 5.32 Å². The van der Waals surface area contributed by atoms with Crippen LogP contribution in [0.5, 0.6) is 0 Å². The number of anilines is 1. The summed E-state index contributed by atoms with van der Waals surface area (Å²) in [4.78, 5) is 0.137. The van der Waals surface area contributed by atoms with E-state index in [1.165, 1.54) is 6.07 Å². The number of benzene rings is 1. The van der Waals surface area contributed by atoms with Gasteiger partial charge in [-0.25, -0.2) is 0 Å². The summed E-state index contributed by atoms with van der Waals surface area (Å²) in [5.74, 6) is 0.642. The van der Waals surface area contributed by atoms with Crippen molar-refractivity contribution in [3.05, 3.63) is 46.8 Å². The largest absolute Gasteiger partial charge is 0.452 e. The van der Waals surface area contributed by atoms with E-state index in [1.807, 2.05) is 6.92 Å². The lowest BCUT2D eigenvalue weighted by atomic mass is 10.2. The van der Waals surface area contributed by atoms with Crippen LogP contribution in [0.4, 0.5) is 18.9 Å². The average Bonchev–Trinajstić information content (AvgIpc) is 2.77. The summed E-state index contributed by atoms with van der Waals surface area (Å²) < 4.78 is 43.5. The van der Waals surface area contributed by atoms with Gasteiger partial charge in [0.1, 0.15) is 5.76 Å². The monoisotopic (exact) mass is 365 g/mol. The standard InChI is InChI=1S/C13H11BrF3NOS/c1-8(10-6-7-12(14)19-10)18-9-4-2-3-5-11(9)20-13(15,16)17/h2-8,18H,1H3. The van der Waals surface area contributed by atoms with Crippen molar-refractivity contribution in [2.24, 2.45) is 0 Å². The molecule has 2 rings (SSSR count). The van der Waals surface area contributed by atoms with Gasteiger partial charge in [0.2, 0.25) is 0 Å². The van der Waals surface area contributed by atoms with Crippen molar-refractivity contribution >= 4 is 33.4 Å². The zero-order chi connectivity index (χ0) is 14.8. The van der Waals surface area contributed by atoms with Gasteiger partial charge in [-0.1, -0.05) is 12.1 Å². The van der Waals surface area contributed by atoms with E-state index in [0.717, 1.165) is 0 Å². The Balaban J connectivity index is 2.17. The molecule has 0 amide bonds. The highest BCUT2D eigenvalue weighted by atomic mass is 79.9. The van der Waals surface area contributed by atoms with Crippen molar-refractivity contribution in [1.29, 1.82) is 0 Å². The molecule has 1 aromatic carbocycles. The molecule has 20 heavy (non-hydrogen) atoms. The van der Waals surface area contributed by atoms with Gasteiger partial charge in [-0.3, -0.25) is 0 Å². The Bertz CT molecular complexity index is 585. The summed E-state index contributed by atoms with van der Waals surface area (Å²) in [6, 6.07) is 9.58. The van der Waals surface area contributed by atoms with E-state index in [9.17, 15) is 13.2 Å². The highest BCUT2D eigenvalue weighted by Gasteiger charge is 2.30. The third-order valence-electron chi connectivity index (χ3n) is 2.51. The van der Waals surface area contributed by atoms with Gasteiger partial charge in [0, 0.05) is 10.6 Å². The van der Waals surface area contributed by atoms with Crippen LogP contribution >= 0.6 is 27.7 Å². The first kappa shape index (κ1) is 15.3. The summed E-state index contributed by atoms with van der Waals surface area (Å²) in [6.07, 6.45) is 0. The molecule has 0 radical (unpaired) electrons. The number of furan rings is 1. The second-order valence-electron chi connectivity index (χ2n) is 4.05. The Morgan fingerprint density at radius 3 is 2.50 bits per heavy atom. The van der Waals surface area contributed by atoms with Crippen molar-refractivity contribution in [2.45, 2.75) is 23.4 Å². The molecule has 108 valence electrons. The molecular weight excluding hydrogens is 355 g/mol. The van der Waals surface area contributed by atoms with Gasteiger partial charge in [0.05, 0.1) is 6.04 Å². The minimum atomic E-state index is -4.31. The molecule has 0 saturated heterocycles.